The van der Waals surface area contributed by atoms with Gasteiger partial charge in [0.15, 0.2) is 0 Å². The predicted molar refractivity (Wildman–Crippen MR) is 89.1 cm³/mol. The molecule has 5 nitrogen and oxygen atoms in total. The lowest BCUT2D eigenvalue weighted by atomic mass is 10.1. The summed E-state index contributed by atoms with van der Waals surface area (Å²) >= 11 is 1.59. The van der Waals surface area contributed by atoms with E-state index in [1.165, 1.54) is 0 Å². The van der Waals surface area contributed by atoms with Crippen LogP contribution in [0.1, 0.15) is 43.8 Å². The van der Waals surface area contributed by atoms with E-state index in [0.717, 1.165) is 49.7 Å². The van der Waals surface area contributed by atoms with Crippen molar-refractivity contribution < 1.29 is 9.53 Å². The molecule has 22 heavy (non-hydrogen) atoms. The molecule has 6 heteroatoms. The maximum Gasteiger partial charge on any atom is 0.317 e. The normalized spacial score (nSPS) is 16.3. The molecule has 2 heterocycles. The molecule has 1 aliphatic rings. The van der Waals surface area contributed by atoms with Gasteiger partial charge in [0.2, 0.25) is 0 Å². The first-order valence-corrected chi connectivity index (χ1v) is 8.98. The van der Waals surface area contributed by atoms with Crippen LogP contribution in [-0.2, 0) is 11.3 Å². The van der Waals surface area contributed by atoms with Gasteiger partial charge in [-0.2, -0.15) is 0 Å². The third-order valence-electron chi connectivity index (χ3n) is 3.84. The van der Waals surface area contributed by atoms with Crippen molar-refractivity contribution in [3.8, 4) is 0 Å². The van der Waals surface area contributed by atoms with Crippen molar-refractivity contribution in [2.24, 2.45) is 5.92 Å². The molecule has 0 radical (unpaired) electrons. The fourth-order valence-corrected chi connectivity index (χ4v) is 3.15. The summed E-state index contributed by atoms with van der Waals surface area (Å²) in [7, 11) is 0. The Morgan fingerprint density at radius 1 is 1.50 bits per heavy atom. The van der Waals surface area contributed by atoms with Gasteiger partial charge < -0.3 is 15.0 Å². The molecule has 1 aliphatic heterocycles. The van der Waals surface area contributed by atoms with E-state index >= 15 is 0 Å². The Kier molecular flexibility index (Phi) is 6.64. The number of hydrogen-bond donors (Lipinski definition) is 1. The molecule has 1 aromatic rings. The van der Waals surface area contributed by atoms with Gasteiger partial charge in [0.25, 0.3) is 0 Å². The molecule has 124 valence electrons. The number of ether oxygens (including phenoxy) is 1. The number of likely N-dealkylation sites (tertiary alicyclic amines) is 1. The first-order chi connectivity index (χ1) is 10.5. The Labute approximate surface area is 137 Å². The van der Waals surface area contributed by atoms with Crippen LogP contribution >= 0.6 is 11.3 Å². The van der Waals surface area contributed by atoms with Crippen molar-refractivity contribution in [2.75, 3.05) is 19.7 Å². The smallest absolute Gasteiger partial charge is 0.317 e. The van der Waals surface area contributed by atoms with Crippen LogP contribution < -0.4 is 5.32 Å². The molecule has 1 fully saturated rings. The van der Waals surface area contributed by atoms with Gasteiger partial charge in [0.1, 0.15) is 5.01 Å². The van der Waals surface area contributed by atoms with E-state index in [2.05, 4.69) is 24.1 Å². The number of hydrogen-bond acceptors (Lipinski definition) is 4. The number of piperidine rings is 1. The Morgan fingerprint density at radius 2 is 2.23 bits per heavy atom. The summed E-state index contributed by atoms with van der Waals surface area (Å²) in [4.78, 5) is 18.4. The van der Waals surface area contributed by atoms with Crippen molar-refractivity contribution >= 4 is 17.4 Å². The van der Waals surface area contributed by atoms with E-state index in [4.69, 9.17) is 4.74 Å². The third-order valence-corrected chi connectivity index (χ3v) is 4.80. The first kappa shape index (κ1) is 17.2. The van der Waals surface area contributed by atoms with Gasteiger partial charge in [-0.05, 0) is 32.1 Å². The molecule has 1 N–H and O–H groups in total. The van der Waals surface area contributed by atoms with Gasteiger partial charge in [-0.15, -0.1) is 11.3 Å². The highest BCUT2D eigenvalue weighted by molar-refractivity contribution is 7.09. The predicted octanol–water partition coefficient (Wildman–Crippen LogP) is 3.19. The lowest BCUT2D eigenvalue weighted by Crippen LogP contribution is -2.45. The number of aromatic nitrogens is 1. The van der Waals surface area contributed by atoms with Gasteiger partial charge in [-0.25, -0.2) is 9.78 Å². The highest BCUT2D eigenvalue weighted by Gasteiger charge is 2.23. The number of carbonyl (C=O) groups excluding carboxylic acids is 1. The average Bonchev–Trinajstić information content (AvgIpc) is 2.91. The third kappa shape index (κ3) is 5.57. The Balaban J connectivity index is 1.64. The monoisotopic (exact) mass is 325 g/mol. The molecule has 2 amide bonds. The molecule has 0 spiro atoms. The summed E-state index contributed by atoms with van der Waals surface area (Å²) in [5, 5.41) is 5.91. The zero-order valence-corrected chi connectivity index (χ0v) is 14.6. The minimum atomic E-state index is 0.00786. The van der Waals surface area contributed by atoms with Crippen LogP contribution in [0, 0.1) is 12.8 Å². The fraction of sp³-hybridized carbons (Fsp3) is 0.750. The van der Waals surface area contributed by atoms with Crippen LogP contribution in [0.2, 0.25) is 0 Å². The number of rotatable bonds is 6. The van der Waals surface area contributed by atoms with Crippen LogP contribution in [0.3, 0.4) is 0 Å². The minimum absolute atomic E-state index is 0.00786. The maximum atomic E-state index is 12.1. The summed E-state index contributed by atoms with van der Waals surface area (Å²) in [5.41, 5.74) is 1.01. The molecule has 0 saturated carbocycles. The number of amides is 2. The summed E-state index contributed by atoms with van der Waals surface area (Å²) in [6.07, 6.45) is 3.28. The van der Waals surface area contributed by atoms with E-state index in [1.807, 2.05) is 17.2 Å². The van der Waals surface area contributed by atoms with Crippen LogP contribution in [0.5, 0.6) is 0 Å². The van der Waals surface area contributed by atoms with E-state index in [9.17, 15) is 4.79 Å². The van der Waals surface area contributed by atoms with Crippen molar-refractivity contribution in [3.63, 3.8) is 0 Å². The topological polar surface area (TPSA) is 54.5 Å². The zero-order valence-electron chi connectivity index (χ0n) is 13.8. The second-order valence-corrected chi connectivity index (χ2v) is 7.22. The lowest BCUT2D eigenvalue weighted by molar-refractivity contribution is 0.0102. The standard InChI is InChI=1S/C16H27N3O2S/c1-12(2)6-9-21-14-4-7-19(8-5-14)16(20)17-10-15-18-13(3)11-22-15/h11-12,14H,4-10H2,1-3H3,(H,17,20). The molecule has 1 aromatic heterocycles. The molecule has 0 bridgehead atoms. The summed E-state index contributed by atoms with van der Waals surface area (Å²) in [6.45, 7) is 9.27. The number of urea groups is 1. The lowest BCUT2D eigenvalue weighted by Gasteiger charge is -2.32. The van der Waals surface area contributed by atoms with Gasteiger partial charge in [-0.3, -0.25) is 0 Å². The fourth-order valence-electron chi connectivity index (χ4n) is 2.44. The maximum absolute atomic E-state index is 12.1. The van der Waals surface area contributed by atoms with Crippen molar-refractivity contribution in [1.29, 1.82) is 0 Å². The Morgan fingerprint density at radius 3 is 2.82 bits per heavy atom. The number of thiazole rings is 1. The largest absolute Gasteiger partial charge is 0.378 e. The number of carbonyl (C=O) groups is 1. The molecule has 1 saturated heterocycles. The van der Waals surface area contributed by atoms with Crippen LogP contribution in [-0.4, -0.2) is 41.7 Å². The van der Waals surface area contributed by atoms with Crippen molar-refractivity contribution in [1.82, 2.24) is 15.2 Å². The second-order valence-electron chi connectivity index (χ2n) is 6.28. The van der Waals surface area contributed by atoms with Crippen LogP contribution in [0.15, 0.2) is 5.38 Å². The van der Waals surface area contributed by atoms with E-state index < -0.39 is 0 Å². The highest BCUT2D eigenvalue weighted by atomic mass is 32.1. The number of aryl methyl sites for hydroxylation is 1. The minimum Gasteiger partial charge on any atom is -0.378 e. The first-order valence-electron chi connectivity index (χ1n) is 8.10. The van der Waals surface area contributed by atoms with E-state index in [1.54, 1.807) is 11.3 Å². The second kappa shape index (κ2) is 8.48. The molecular weight excluding hydrogens is 298 g/mol. The quantitative estimate of drug-likeness (QED) is 0.874. The molecule has 0 atom stereocenters. The SMILES string of the molecule is Cc1csc(CNC(=O)N2CCC(OCCC(C)C)CC2)n1. The average molecular weight is 325 g/mol. The Hall–Kier alpha value is -1.14. The van der Waals surface area contributed by atoms with E-state index in [0.29, 0.717) is 18.6 Å². The van der Waals surface area contributed by atoms with Crippen LogP contribution in [0.25, 0.3) is 0 Å². The summed E-state index contributed by atoms with van der Waals surface area (Å²) in [5.74, 6) is 0.681. The van der Waals surface area contributed by atoms with Crippen molar-refractivity contribution in [2.45, 2.75) is 52.7 Å². The van der Waals surface area contributed by atoms with Gasteiger partial charge in [-0.1, -0.05) is 13.8 Å². The molecular formula is C16H27N3O2S. The van der Waals surface area contributed by atoms with Crippen molar-refractivity contribution in [3.05, 3.63) is 16.1 Å². The van der Waals surface area contributed by atoms with Crippen LogP contribution in [0.4, 0.5) is 4.79 Å². The van der Waals surface area contributed by atoms with Gasteiger partial charge >= 0.3 is 6.03 Å². The molecule has 0 aliphatic carbocycles. The van der Waals surface area contributed by atoms with E-state index in [-0.39, 0.29) is 6.03 Å². The van der Waals surface area contributed by atoms with Gasteiger partial charge in [0, 0.05) is 30.8 Å². The molecule has 2 rings (SSSR count). The zero-order chi connectivity index (χ0) is 15.9. The number of nitrogens with one attached hydrogen (secondary N) is 1. The number of nitrogens with zero attached hydrogens (tertiary/aromatic N) is 2. The summed E-state index contributed by atoms with van der Waals surface area (Å²) in [6, 6.07) is 0.00786. The summed E-state index contributed by atoms with van der Waals surface area (Å²) < 4.78 is 5.89. The van der Waals surface area contributed by atoms with Gasteiger partial charge in [0.05, 0.1) is 12.6 Å². The molecule has 0 unspecified atom stereocenters. The molecule has 0 aromatic carbocycles. The highest BCUT2D eigenvalue weighted by Crippen LogP contribution is 2.15. The Bertz CT molecular complexity index is 468.